The Bertz CT molecular complexity index is 137. The van der Waals surface area contributed by atoms with Gasteiger partial charge in [0.2, 0.25) is 5.91 Å². The van der Waals surface area contributed by atoms with Crippen molar-refractivity contribution in [2.45, 2.75) is 51.9 Å². The van der Waals surface area contributed by atoms with E-state index in [-0.39, 0.29) is 5.91 Å². The minimum atomic E-state index is 0.176. The molecule has 0 aromatic heterocycles. The van der Waals surface area contributed by atoms with Crippen LogP contribution in [0.4, 0.5) is 0 Å². The van der Waals surface area contributed by atoms with Crippen LogP contribution in [0, 0.1) is 0 Å². The van der Waals surface area contributed by atoms with Crippen LogP contribution >= 0.6 is 0 Å². The Morgan fingerprint density at radius 3 is 2.50 bits per heavy atom. The fourth-order valence-electron chi connectivity index (χ4n) is 1.31. The molecule has 0 aliphatic carbocycles. The molecule has 0 heterocycles. The first-order chi connectivity index (χ1) is 6.81. The van der Waals surface area contributed by atoms with E-state index in [1.54, 1.807) is 0 Å². The number of amides is 1. The summed E-state index contributed by atoms with van der Waals surface area (Å²) in [4.78, 5) is 11.2. The van der Waals surface area contributed by atoms with Crippen molar-refractivity contribution in [1.29, 1.82) is 0 Å². The number of hydrogen-bond donors (Lipinski definition) is 2. The molecular weight excluding hydrogens is 176 g/mol. The van der Waals surface area contributed by atoms with E-state index in [4.69, 9.17) is 5.73 Å². The second kappa shape index (κ2) is 10.5. The van der Waals surface area contributed by atoms with Crippen molar-refractivity contribution in [3.63, 3.8) is 0 Å². The minimum absolute atomic E-state index is 0.176. The fourth-order valence-corrected chi connectivity index (χ4v) is 1.31. The van der Waals surface area contributed by atoms with Gasteiger partial charge in [-0.3, -0.25) is 4.79 Å². The van der Waals surface area contributed by atoms with Gasteiger partial charge in [-0.05, 0) is 19.4 Å². The zero-order valence-electron chi connectivity index (χ0n) is 9.35. The van der Waals surface area contributed by atoms with Crippen LogP contribution in [0.3, 0.4) is 0 Å². The lowest BCUT2D eigenvalue weighted by atomic mass is 10.1. The van der Waals surface area contributed by atoms with Crippen LogP contribution in [-0.4, -0.2) is 19.0 Å². The Hall–Kier alpha value is -0.570. The molecule has 1 amide bonds. The number of carbonyl (C=O) groups excluding carboxylic acids is 1. The molecule has 0 fully saturated rings. The van der Waals surface area contributed by atoms with Crippen molar-refractivity contribution in [2.75, 3.05) is 13.1 Å². The molecule has 0 rings (SSSR count). The summed E-state index contributed by atoms with van der Waals surface area (Å²) in [5, 5.41) is 2.86. The van der Waals surface area contributed by atoms with E-state index in [2.05, 4.69) is 12.2 Å². The third-order valence-corrected chi connectivity index (χ3v) is 2.21. The van der Waals surface area contributed by atoms with Crippen LogP contribution in [0.5, 0.6) is 0 Å². The third kappa shape index (κ3) is 9.52. The molecule has 3 N–H and O–H groups in total. The summed E-state index contributed by atoms with van der Waals surface area (Å²) in [6.07, 6.45) is 7.55. The summed E-state index contributed by atoms with van der Waals surface area (Å²) in [6.45, 7) is 3.57. The zero-order chi connectivity index (χ0) is 10.6. The average Bonchev–Trinajstić information content (AvgIpc) is 2.18. The highest BCUT2D eigenvalue weighted by atomic mass is 16.1. The van der Waals surface area contributed by atoms with Crippen molar-refractivity contribution in [2.24, 2.45) is 5.73 Å². The molecule has 0 atom stereocenters. The highest BCUT2D eigenvalue weighted by molar-refractivity contribution is 5.75. The molecule has 84 valence electrons. The largest absolute Gasteiger partial charge is 0.356 e. The van der Waals surface area contributed by atoms with Crippen LogP contribution in [0.1, 0.15) is 51.9 Å². The molecule has 0 aromatic carbocycles. The molecule has 0 spiro atoms. The van der Waals surface area contributed by atoms with E-state index in [9.17, 15) is 4.79 Å². The molecular formula is C11H24N2O. The van der Waals surface area contributed by atoms with E-state index in [1.807, 2.05) is 0 Å². The predicted octanol–water partition coefficient (Wildman–Crippen LogP) is 1.81. The smallest absolute Gasteiger partial charge is 0.219 e. The summed E-state index contributed by atoms with van der Waals surface area (Å²) in [5.74, 6) is 0.176. The molecule has 0 unspecified atom stereocenters. The van der Waals surface area contributed by atoms with Gasteiger partial charge in [0.15, 0.2) is 0 Å². The first kappa shape index (κ1) is 13.4. The van der Waals surface area contributed by atoms with Gasteiger partial charge in [-0.2, -0.15) is 0 Å². The summed E-state index contributed by atoms with van der Waals surface area (Å²) >= 11 is 0. The molecule has 0 aliphatic heterocycles. The van der Waals surface area contributed by atoms with Gasteiger partial charge in [-0.15, -0.1) is 0 Å². The van der Waals surface area contributed by atoms with Crippen LogP contribution in [0.15, 0.2) is 0 Å². The average molecular weight is 200 g/mol. The van der Waals surface area contributed by atoms with Gasteiger partial charge in [0.05, 0.1) is 0 Å². The van der Waals surface area contributed by atoms with E-state index in [1.165, 1.54) is 25.7 Å². The molecule has 3 nitrogen and oxygen atoms in total. The summed E-state index contributed by atoms with van der Waals surface area (Å²) in [5.41, 5.74) is 5.32. The van der Waals surface area contributed by atoms with Gasteiger partial charge in [-0.1, -0.05) is 32.6 Å². The van der Waals surface area contributed by atoms with Gasteiger partial charge < -0.3 is 11.1 Å². The quantitative estimate of drug-likeness (QED) is 0.558. The lowest BCUT2D eigenvalue weighted by Crippen LogP contribution is -2.25. The molecule has 0 radical (unpaired) electrons. The van der Waals surface area contributed by atoms with Crippen LogP contribution in [0.2, 0.25) is 0 Å². The first-order valence-electron chi connectivity index (χ1n) is 5.78. The topological polar surface area (TPSA) is 55.1 Å². The fraction of sp³-hybridized carbons (Fsp3) is 0.909. The summed E-state index contributed by atoms with van der Waals surface area (Å²) < 4.78 is 0. The monoisotopic (exact) mass is 200 g/mol. The SMILES string of the molecule is CCCCCCCC(=O)NCCCN. The Balaban J connectivity index is 3.10. The second-order valence-electron chi connectivity index (χ2n) is 3.66. The molecule has 14 heavy (non-hydrogen) atoms. The van der Waals surface area contributed by atoms with Crippen molar-refractivity contribution >= 4 is 5.91 Å². The maximum absolute atomic E-state index is 11.2. The number of nitrogens with one attached hydrogen (secondary N) is 1. The number of carbonyl (C=O) groups is 1. The molecule has 0 saturated carbocycles. The Kier molecular flexibility index (Phi) is 10.1. The maximum atomic E-state index is 11.2. The van der Waals surface area contributed by atoms with Gasteiger partial charge in [0, 0.05) is 13.0 Å². The lowest BCUT2D eigenvalue weighted by Gasteiger charge is -2.03. The lowest BCUT2D eigenvalue weighted by molar-refractivity contribution is -0.121. The maximum Gasteiger partial charge on any atom is 0.219 e. The van der Waals surface area contributed by atoms with Crippen LogP contribution in [-0.2, 0) is 4.79 Å². The number of nitrogens with two attached hydrogens (primary N) is 1. The predicted molar refractivity (Wildman–Crippen MR) is 60.1 cm³/mol. The van der Waals surface area contributed by atoms with E-state index in [0.717, 1.165) is 19.4 Å². The Labute approximate surface area is 87.4 Å². The van der Waals surface area contributed by atoms with E-state index in [0.29, 0.717) is 13.0 Å². The first-order valence-corrected chi connectivity index (χ1v) is 5.78. The highest BCUT2D eigenvalue weighted by Crippen LogP contribution is 2.04. The van der Waals surface area contributed by atoms with Crippen molar-refractivity contribution in [3.05, 3.63) is 0 Å². The minimum Gasteiger partial charge on any atom is -0.356 e. The zero-order valence-corrected chi connectivity index (χ0v) is 9.35. The van der Waals surface area contributed by atoms with Crippen molar-refractivity contribution < 1.29 is 4.79 Å². The summed E-state index contributed by atoms with van der Waals surface area (Å²) in [7, 11) is 0. The van der Waals surface area contributed by atoms with Crippen LogP contribution in [0.25, 0.3) is 0 Å². The van der Waals surface area contributed by atoms with Gasteiger partial charge in [0.1, 0.15) is 0 Å². The van der Waals surface area contributed by atoms with Gasteiger partial charge >= 0.3 is 0 Å². The molecule has 0 saturated heterocycles. The van der Waals surface area contributed by atoms with Crippen molar-refractivity contribution in [1.82, 2.24) is 5.32 Å². The normalized spacial score (nSPS) is 10.1. The molecule has 3 heteroatoms. The molecule has 0 bridgehead atoms. The second-order valence-corrected chi connectivity index (χ2v) is 3.66. The number of unbranched alkanes of at least 4 members (excludes halogenated alkanes) is 4. The molecule has 0 aliphatic rings. The van der Waals surface area contributed by atoms with E-state index < -0.39 is 0 Å². The van der Waals surface area contributed by atoms with Crippen molar-refractivity contribution in [3.8, 4) is 0 Å². The number of hydrogen-bond acceptors (Lipinski definition) is 2. The van der Waals surface area contributed by atoms with E-state index >= 15 is 0 Å². The van der Waals surface area contributed by atoms with Gasteiger partial charge in [-0.25, -0.2) is 0 Å². The third-order valence-electron chi connectivity index (χ3n) is 2.21. The van der Waals surface area contributed by atoms with Gasteiger partial charge in [0.25, 0.3) is 0 Å². The standard InChI is InChI=1S/C11H24N2O/c1-2-3-4-5-6-8-11(14)13-10-7-9-12/h2-10,12H2,1H3,(H,13,14). The highest BCUT2D eigenvalue weighted by Gasteiger charge is 1.99. The summed E-state index contributed by atoms with van der Waals surface area (Å²) in [6, 6.07) is 0. The molecule has 0 aromatic rings. The Morgan fingerprint density at radius 2 is 1.86 bits per heavy atom. The number of rotatable bonds is 9. The Morgan fingerprint density at radius 1 is 1.14 bits per heavy atom. The van der Waals surface area contributed by atoms with Crippen LogP contribution < -0.4 is 11.1 Å².